The molecule has 10 atom stereocenters. The molecule has 4 saturated carbocycles. The summed E-state index contributed by atoms with van der Waals surface area (Å²) in [6.45, 7) is 13.3. The molecule has 0 unspecified atom stereocenters. The summed E-state index contributed by atoms with van der Waals surface area (Å²) in [7, 11) is 4.94. The van der Waals surface area contributed by atoms with Crippen molar-refractivity contribution in [3.05, 3.63) is 0 Å². The van der Waals surface area contributed by atoms with Crippen LogP contribution in [-0.4, -0.2) is 85.5 Å². The van der Waals surface area contributed by atoms with E-state index in [0.717, 1.165) is 21.3 Å². The normalized spacial score (nSPS) is 46.9. The van der Waals surface area contributed by atoms with Crippen LogP contribution in [0.15, 0.2) is 0 Å². The van der Waals surface area contributed by atoms with Gasteiger partial charge in [0.05, 0.1) is 40.3 Å². The van der Waals surface area contributed by atoms with Crippen molar-refractivity contribution in [1.29, 1.82) is 0 Å². The number of rotatable bonds is 4. The van der Waals surface area contributed by atoms with Gasteiger partial charge < -0.3 is 18.4 Å². The van der Waals surface area contributed by atoms with E-state index in [9.17, 15) is 9.59 Å². The molecule has 6 fully saturated rings. The molecule has 0 spiro atoms. The highest BCUT2D eigenvalue weighted by atomic mass is 16.5. The molecule has 0 radical (unpaired) electrons. The Morgan fingerprint density at radius 1 is 0.683 bits per heavy atom. The average molecular weight is 573 g/mol. The molecule has 2 heterocycles. The van der Waals surface area contributed by atoms with Gasteiger partial charge in [-0.1, -0.05) is 13.8 Å². The van der Waals surface area contributed by atoms with E-state index in [1.165, 1.54) is 103 Å². The maximum Gasteiger partial charge on any atom is 0.303 e. The first-order valence-electron chi connectivity index (χ1n) is 17.4. The highest BCUT2D eigenvalue weighted by molar-refractivity contribution is 5.66. The van der Waals surface area contributed by atoms with Crippen LogP contribution < -0.4 is 0 Å². The van der Waals surface area contributed by atoms with Crippen LogP contribution in [-0.2, 0) is 19.1 Å². The molecule has 4 aliphatic carbocycles. The molecule has 0 aromatic heterocycles. The highest BCUT2D eigenvalue weighted by Crippen LogP contribution is 2.68. The largest absolute Gasteiger partial charge is 0.456 e. The van der Waals surface area contributed by atoms with Crippen molar-refractivity contribution in [2.24, 2.45) is 34.5 Å². The molecule has 0 aromatic carbocycles. The van der Waals surface area contributed by atoms with Gasteiger partial charge in [-0.15, -0.1) is 0 Å². The minimum Gasteiger partial charge on any atom is -0.456 e. The van der Waals surface area contributed by atoms with Crippen molar-refractivity contribution >= 4 is 11.9 Å². The second-order valence-corrected chi connectivity index (χ2v) is 16.7. The summed E-state index contributed by atoms with van der Waals surface area (Å²) in [5.74, 6) is 2.52. The van der Waals surface area contributed by atoms with Crippen LogP contribution in [0.5, 0.6) is 0 Å². The van der Waals surface area contributed by atoms with Gasteiger partial charge in [0.15, 0.2) is 12.2 Å². The van der Waals surface area contributed by atoms with Crippen LogP contribution >= 0.6 is 0 Å². The van der Waals surface area contributed by atoms with Gasteiger partial charge in [-0.3, -0.25) is 9.59 Å². The van der Waals surface area contributed by atoms with Crippen molar-refractivity contribution in [3.8, 4) is 0 Å². The Morgan fingerprint density at radius 2 is 1.27 bits per heavy atom. The standard InChI is InChI=1S/C35H60N2O4/c1-24(38)40-32-21-26-13-14-27-28(35(26,4)23-31(32)37(6)19-11-8-12-20-37)15-16-34(3)29(27)22-30(33(34)41-25(2)39)36(5)17-9-7-10-18-36/h26-33H,7-23H2,1-6H3/q+2/t26-,27-,28+,29+,30+,31-,32+,33-,34-,35-/m0/s1. The number of carbonyl (C=O) groups excluding carboxylic acids is 2. The summed E-state index contributed by atoms with van der Waals surface area (Å²) in [5, 5.41) is 0. The smallest absolute Gasteiger partial charge is 0.303 e. The summed E-state index contributed by atoms with van der Waals surface area (Å²) < 4.78 is 14.7. The third-order valence-electron chi connectivity index (χ3n) is 14.5. The lowest BCUT2D eigenvalue weighted by Gasteiger charge is -2.63. The number of piperidine rings is 2. The van der Waals surface area contributed by atoms with E-state index in [2.05, 4.69) is 27.9 Å². The molecule has 0 N–H and O–H groups in total. The first-order chi connectivity index (χ1) is 19.4. The molecule has 0 aromatic rings. The van der Waals surface area contributed by atoms with Crippen molar-refractivity contribution in [3.63, 3.8) is 0 Å². The van der Waals surface area contributed by atoms with E-state index < -0.39 is 0 Å². The minimum atomic E-state index is -0.0998. The molecule has 6 nitrogen and oxygen atoms in total. The van der Waals surface area contributed by atoms with Crippen LogP contribution in [0.2, 0.25) is 0 Å². The lowest BCUT2D eigenvalue weighted by Crippen LogP contribution is -2.66. The van der Waals surface area contributed by atoms with Gasteiger partial charge >= 0.3 is 11.9 Å². The van der Waals surface area contributed by atoms with E-state index in [1.807, 2.05) is 0 Å². The van der Waals surface area contributed by atoms with E-state index >= 15 is 0 Å². The van der Waals surface area contributed by atoms with Crippen LogP contribution in [0.1, 0.15) is 111 Å². The fraction of sp³-hybridized carbons (Fsp3) is 0.943. The van der Waals surface area contributed by atoms with Crippen LogP contribution in [0.3, 0.4) is 0 Å². The molecule has 6 rings (SSSR count). The summed E-state index contributed by atoms with van der Waals surface area (Å²) in [6.07, 6.45) is 16.4. The van der Waals surface area contributed by atoms with Crippen molar-refractivity contribution in [2.45, 2.75) is 135 Å². The van der Waals surface area contributed by atoms with Gasteiger partial charge in [0.25, 0.3) is 0 Å². The summed E-state index contributed by atoms with van der Waals surface area (Å²) >= 11 is 0. The number of hydrogen-bond acceptors (Lipinski definition) is 4. The number of quaternary nitrogens is 2. The molecule has 6 aliphatic rings. The number of likely N-dealkylation sites (N-methyl/N-ethyl adjacent to an activating group) is 2. The van der Waals surface area contributed by atoms with E-state index in [-0.39, 0.29) is 29.6 Å². The molecule has 2 aliphatic heterocycles. The Kier molecular flexibility index (Phi) is 7.87. The van der Waals surface area contributed by atoms with Gasteiger partial charge in [-0.05, 0) is 99.7 Å². The predicted molar refractivity (Wildman–Crippen MR) is 161 cm³/mol. The molecule has 0 bridgehead atoms. The number of hydrogen-bond donors (Lipinski definition) is 0. The van der Waals surface area contributed by atoms with Crippen LogP contribution in [0.25, 0.3) is 0 Å². The van der Waals surface area contributed by atoms with Crippen LogP contribution in [0, 0.1) is 34.5 Å². The van der Waals surface area contributed by atoms with E-state index in [1.54, 1.807) is 13.8 Å². The monoisotopic (exact) mass is 572 g/mol. The third-order valence-corrected chi connectivity index (χ3v) is 14.5. The lowest BCUT2D eigenvalue weighted by atomic mass is 9.44. The summed E-state index contributed by atoms with van der Waals surface area (Å²) in [5.41, 5.74) is 0.377. The summed E-state index contributed by atoms with van der Waals surface area (Å²) in [4.78, 5) is 24.8. The fourth-order valence-electron chi connectivity index (χ4n) is 12.3. The third kappa shape index (κ3) is 4.99. The van der Waals surface area contributed by atoms with Crippen molar-refractivity contribution in [2.75, 3.05) is 40.3 Å². The number of carbonyl (C=O) groups is 2. The van der Waals surface area contributed by atoms with Gasteiger partial charge in [-0.2, -0.15) is 0 Å². The van der Waals surface area contributed by atoms with E-state index in [0.29, 0.717) is 35.3 Å². The Labute approximate surface area is 250 Å². The zero-order chi connectivity index (χ0) is 29.2. The first kappa shape index (κ1) is 29.9. The Balaban J connectivity index is 1.31. The molecular formula is C35H60N2O4+2. The number of fused-ring (bicyclic) bond motifs is 5. The quantitative estimate of drug-likeness (QED) is 0.301. The Morgan fingerprint density at radius 3 is 1.85 bits per heavy atom. The van der Waals surface area contributed by atoms with Gasteiger partial charge in [-0.25, -0.2) is 0 Å². The maximum absolute atomic E-state index is 12.5. The molecule has 41 heavy (non-hydrogen) atoms. The lowest BCUT2D eigenvalue weighted by molar-refractivity contribution is -0.943. The van der Waals surface area contributed by atoms with Gasteiger partial charge in [0, 0.05) is 32.1 Å². The van der Waals surface area contributed by atoms with Crippen molar-refractivity contribution < 1.29 is 28.0 Å². The zero-order valence-electron chi connectivity index (χ0n) is 27.2. The number of nitrogens with zero attached hydrogens (tertiary/aromatic N) is 2. The highest BCUT2D eigenvalue weighted by Gasteiger charge is 2.68. The minimum absolute atomic E-state index is 0.0462. The Bertz CT molecular complexity index is 1000. The van der Waals surface area contributed by atoms with Gasteiger partial charge in [0.2, 0.25) is 0 Å². The van der Waals surface area contributed by atoms with Gasteiger partial charge in [0.1, 0.15) is 12.1 Å². The first-order valence-corrected chi connectivity index (χ1v) is 17.4. The van der Waals surface area contributed by atoms with E-state index in [4.69, 9.17) is 9.47 Å². The molecule has 2 saturated heterocycles. The number of ether oxygens (including phenoxy) is 2. The molecule has 232 valence electrons. The van der Waals surface area contributed by atoms with Crippen LogP contribution in [0.4, 0.5) is 0 Å². The SMILES string of the molecule is CC(=O)O[C@@H]1C[C@@H]2CC[C@H]3[C@@H](CC[C@@]4(C)[C@@H]3C[C@@H]([N+]3(C)CCCCC3)[C@@H]4OC(C)=O)[C@@]2(C)C[C@@H]1[N+]1(C)CCCCC1. The number of esters is 2. The van der Waals surface area contributed by atoms with Crippen molar-refractivity contribution in [1.82, 2.24) is 0 Å². The average Bonchev–Trinajstić information content (AvgIpc) is 3.21. The topological polar surface area (TPSA) is 52.6 Å². The molecule has 6 heteroatoms. The maximum atomic E-state index is 12.5. The fourth-order valence-corrected chi connectivity index (χ4v) is 12.3. The second-order valence-electron chi connectivity index (χ2n) is 16.7. The molecule has 0 amide bonds. The number of likely N-dealkylation sites (tertiary alicyclic amines) is 2. The second kappa shape index (κ2) is 10.8. The summed E-state index contributed by atoms with van der Waals surface area (Å²) in [6, 6.07) is 0.846. The zero-order valence-corrected chi connectivity index (χ0v) is 27.2. The predicted octanol–water partition coefficient (Wildman–Crippen LogP) is 6.11. The Hall–Kier alpha value is -1.14. The molecular weight excluding hydrogens is 512 g/mol.